The summed E-state index contributed by atoms with van der Waals surface area (Å²) >= 11 is 0. The molecule has 1 aromatic rings. The van der Waals surface area contributed by atoms with Crippen LogP contribution in [0.15, 0.2) is 24.3 Å². The third-order valence-corrected chi connectivity index (χ3v) is 8.46. The van der Waals surface area contributed by atoms with E-state index in [4.69, 9.17) is 4.74 Å². The number of carbonyl (C=O) groups is 2. The lowest BCUT2D eigenvalue weighted by molar-refractivity contribution is -0.145. The van der Waals surface area contributed by atoms with Crippen molar-refractivity contribution in [3.05, 3.63) is 35.4 Å². The van der Waals surface area contributed by atoms with Gasteiger partial charge in [-0.1, -0.05) is 24.3 Å². The minimum atomic E-state index is -0.209. The largest absolute Gasteiger partial charge is 0.378 e. The maximum atomic E-state index is 13.3. The van der Waals surface area contributed by atoms with Crippen LogP contribution in [0.2, 0.25) is 0 Å². The van der Waals surface area contributed by atoms with Crippen LogP contribution in [-0.4, -0.2) is 60.5 Å². The SMILES string of the molecule is COC1(CC(=O)N2CCC3(CC2)CC(C(=O)N2CCCC2)c2ccccc23)CCC1. The predicted molar refractivity (Wildman–Crippen MR) is 115 cm³/mol. The maximum Gasteiger partial charge on any atom is 0.230 e. The van der Waals surface area contributed by atoms with Gasteiger partial charge in [-0.3, -0.25) is 9.59 Å². The number of nitrogens with zero attached hydrogens (tertiary/aromatic N) is 2. The van der Waals surface area contributed by atoms with Crippen molar-refractivity contribution in [2.45, 2.75) is 74.7 Å². The second kappa shape index (κ2) is 7.67. The first kappa shape index (κ1) is 20.0. The van der Waals surface area contributed by atoms with Crippen molar-refractivity contribution in [3.63, 3.8) is 0 Å². The number of piperidine rings is 1. The van der Waals surface area contributed by atoms with Crippen LogP contribution < -0.4 is 0 Å². The molecule has 5 rings (SSSR count). The van der Waals surface area contributed by atoms with Crippen molar-refractivity contribution < 1.29 is 14.3 Å². The van der Waals surface area contributed by atoms with E-state index in [1.807, 2.05) is 4.90 Å². The first-order valence-electron chi connectivity index (χ1n) is 11.8. The Morgan fingerprint density at radius 3 is 2.30 bits per heavy atom. The first-order valence-corrected chi connectivity index (χ1v) is 11.8. The second-order valence-electron chi connectivity index (χ2n) is 9.95. The zero-order valence-electron chi connectivity index (χ0n) is 18.2. The maximum absolute atomic E-state index is 13.3. The van der Waals surface area contributed by atoms with Crippen molar-refractivity contribution in [1.29, 1.82) is 0 Å². The van der Waals surface area contributed by atoms with Gasteiger partial charge in [0.1, 0.15) is 0 Å². The van der Waals surface area contributed by atoms with E-state index < -0.39 is 0 Å². The number of carbonyl (C=O) groups excluding carboxylic acids is 2. The van der Waals surface area contributed by atoms with Crippen LogP contribution in [0.1, 0.15) is 74.8 Å². The highest BCUT2D eigenvalue weighted by atomic mass is 16.5. The van der Waals surface area contributed by atoms with Crippen molar-refractivity contribution >= 4 is 11.8 Å². The number of methoxy groups -OCH3 is 1. The van der Waals surface area contributed by atoms with E-state index in [1.54, 1.807) is 7.11 Å². The molecule has 3 fully saturated rings. The van der Waals surface area contributed by atoms with E-state index in [2.05, 4.69) is 29.2 Å². The lowest BCUT2D eigenvalue weighted by Crippen LogP contribution is -2.49. The number of ether oxygens (including phenoxy) is 1. The molecule has 1 aromatic carbocycles. The summed E-state index contributed by atoms with van der Waals surface area (Å²) in [7, 11) is 1.74. The van der Waals surface area contributed by atoms with Gasteiger partial charge in [0.15, 0.2) is 0 Å². The van der Waals surface area contributed by atoms with E-state index in [0.717, 1.165) is 77.5 Å². The summed E-state index contributed by atoms with van der Waals surface area (Å²) in [5, 5.41) is 0. The average Bonchev–Trinajstić information content (AvgIpc) is 3.39. The van der Waals surface area contributed by atoms with Crippen LogP contribution >= 0.6 is 0 Å². The highest BCUT2D eigenvalue weighted by Crippen LogP contribution is 2.52. The Morgan fingerprint density at radius 1 is 0.967 bits per heavy atom. The minimum Gasteiger partial charge on any atom is -0.378 e. The van der Waals surface area contributed by atoms with Gasteiger partial charge in [0.25, 0.3) is 0 Å². The third kappa shape index (κ3) is 3.26. The molecule has 0 bridgehead atoms. The number of benzene rings is 1. The van der Waals surface area contributed by atoms with Gasteiger partial charge in [-0.25, -0.2) is 0 Å². The average molecular weight is 411 g/mol. The summed E-state index contributed by atoms with van der Waals surface area (Å²) in [6.45, 7) is 3.40. The van der Waals surface area contributed by atoms with E-state index in [9.17, 15) is 9.59 Å². The molecule has 1 spiro atoms. The number of hydrogen-bond donors (Lipinski definition) is 0. The highest BCUT2D eigenvalue weighted by Gasteiger charge is 2.49. The Balaban J connectivity index is 1.30. The van der Waals surface area contributed by atoms with Gasteiger partial charge in [-0.05, 0) is 62.5 Å². The molecular weight excluding hydrogens is 376 g/mol. The van der Waals surface area contributed by atoms with Gasteiger partial charge < -0.3 is 14.5 Å². The van der Waals surface area contributed by atoms with E-state index >= 15 is 0 Å². The van der Waals surface area contributed by atoms with Crippen LogP contribution in [0.3, 0.4) is 0 Å². The third-order valence-electron chi connectivity index (χ3n) is 8.46. The molecule has 0 N–H and O–H groups in total. The molecule has 0 aromatic heterocycles. The molecule has 2 saturated heterocycles. The van der Waals surface area contributed by atoms with Gasteiger partial charge >= 0.3 is 0 Å². The van der Waals surface area contributed by atoms with Crippen LogP contribution in [0, 0.1) is 0 Å². The Hall–Kier alpha value is -1.88. The highest BCUT2D eigenvalue weighted by molar-refractivity contribution is 5.86. The Labute approximate surface area is 179 Å². The lowest BCUT2D eigenvalue weighted by Gasteiger charge is -2.44. The van der Waals surface area contributed by atoms with Crippen molar-refractivity contribution in [1.82, 2.24) is 9.80 Å². The van der Waals surface area contributed by atoms with Crippen LogP contribution in [0.4, 0.5) is 0 Å². The summed E-state index contributed by atoms with van der Waals surface area (Å²) in [5.41, 5.74) is 2.44. The molecule has 5 nitrogen and oxygen atoms in total. The molecule has 2 aliphatic heterocycles. The fourth-order valence-corrected chi connectivity index (χ4v) is 6.34. The number of rotatable bonds is 4. The molecule has 2 heterocycles. The molecule has 1 saturated carbocycles. The lowest BCUT2D eigenvalue weighted by atomic mass is 9.72. The van der Waals surface area contributed by atoms with Gasteiger partial charge in [-0.2, -0.15) is 0 Å². The van der Waals surface area contributed by atoms with Crippen LogP contribution in [0.25, 0.3) is 0 Å². The van der Waals surface area contributed by atoms with Gasteiger partial charge in [0.05, 0.1) is 17.9 Å². The summed E-state index contributed by atoms with van der Waals surface area (Å²) in [5.74, 6) is 0.554. The van der Waals surface area contributed by atoms with Gasteiger partial charge in [-0.15, -0.1) is 0 Å². The minimum absolute atomic E-state index is 0.00621. The van der Waals surface area contributed by atoms with E-state index in [-0.39, 0.29) is 22.8 Å². The van der Waals surface area contributed by atoms with Crippen molar-refractivity contribution in [3.8, 4) is 0 Å². The summed E-state index contributed by atoms with van der Waals surface area (Å²) in [6.07, 6.45) is 8.76. The summed E-state index contributed by atoms with van der Waals surface area (Å²) in [4.78, 5) is 30.3. The fraction of sp³-hybridized carbons (Fsp3) is 0.680. The normalized spacial score (nSPS) is 26.5. The van der Waals surface area contributed by atoms with E-state index in [1.165, 1.54) is 11.1 Å². The smallest absolute Gasteiger partial charge is 0.230 e. The molecule has 30 heavy (non-hydrogen) atoms. The summed E-state index contributed by atoms with van der Waals surface area (Å²) in [6, 6.07) is 8.58. The Bertz CT molecular complexity index is 812. The quantitative estimate of drug-likeness (QED) is 0.762. The van der Waals surface area contributed by atoms with Crippen LogP contribution in [-0.2, 0) is 19.7 Å². The number of likely N-dealkylation sites (tertiary alicyclic amines) is 2. The van der Waals surface area contributed by atoms with Crippen molar-refractivity contribution in [2.24, 2.45) is 0 Å². The molecule has 4 aliphatic rings. The molecule has 2 aliphatic carbocycles. The molecular formula is C25H34N2O3. The Kier molecular flexibility index (Phi) is 5.12. The Morgan fingerprint density at radius 2 is 1.67 bits per heavy atom. The molecule has 0 radical (unpaired) electrons. The number of fused-ring (bicyclic) bond motifs is 2. The molecule has 162 valence electrons. The monoisotopic (exact) mass is 410 g/mol. The fourth-order valence-electron chi connectivity index (χ4n) is 6.34. The van der Waals surface area contributed by atoms with Gasteiger partial charge in [0, 0.05) is 38.7 Å². The standard InChI is InChI=1S/C25H34N2O3/c1-30-25(9-6-10-25)18-22(28)26-15-11-24(12-16-26)17-20(19-7-2-3-8-21(19)24)23(29)27-13-4-5-14-27/h2-3,7-8,20H,4-6,9-18H2,1H3. The van der Waals surface area contributed by atoms with Crippen LogP contribution in [0.5, 0.6) is 0 Å². The molecule has 5 heteroatoms. The number of amides is 2. The predicted octanol–water partition coefficient (Wildman–Crippen LogP) is 3.62. The summed E-state index contributed by atoms with van der Waals surface area (Å²) < 4.78 is 5.67. The topological polar surface area (TPSA) is 49.9 Å². The van der Waals surface area contributed by atoms with E-state index in [0.29, 0.717) is 12.3 Å². The molecule has 1 atom stereocenters. The van der Waals surface area contributed by atoms with Crippen molar-refractivity contribution in [2.75, 3.05) is 33.3 Å². The zero-order valence-corrected chi connectivity index (χ0v) is 18.2. The number of hydrogen-bond acceptors (Lipinski definition) is 3. The second-order valence-corrected chi connectivity index (χ2v) is 9.95. The van der Waals surface area contributed by atoms with Gasteiger partial charge in [0.2, 0.25) is 11.8 Å². The molecule has 2 amide bonds. The zero-order chi connectivity index (χ0) is 20.8. The molecule has 1 unspecified atom stereocenters. The first-order chi connectivity index (χ1) is 14.6.